The van der Waals surface area contributed by atoms with Gasteiger partial charge in [-0.2, -0.15) is 0 Å². The Morgan fingerprint density at radius 1 is 1.00 bits per heavy atom. The first-order chi connectivity index (χ1) is 13.3. The standard InChI is InChI=1S/C20H14N4O2S/c25-20(26-17-8-6-16(7-9-17)24-14-21-22-23-24)13-11-18-10-12-19(27-18)15-4-2-1-3-5-15/h1-14H/b13-11+. The van der Waals surface area contributed by atoms with Gasteiger partial charge in [0.05, 0.1) is 5.69 Å². The Kier molecular flexibility index (Phi) is 4.84. The molecule has 0 radical (unpaired) electrons. The van der Waals surface area contributed by atoms with Crippen LogP contribution in [0.25, 0.3) is 22.2 Å². The molecule has 0 bridgehead atoms. The first kappa shape index (κ1) is 16.9. The van der Waals surface area contributed by atoms with Gasteiger partial charge in [0.2, 0.25) is 0 Å². The van der Waals surface area contributed by atoms with Gasteiger partial charge in [-0.1, -0.05) is 30.3 Å². The zero-order valence-electron chi connectivity index (χ0n) is 14.1. The molecule has 4 rings (SSSR count). The third-order valence-corrected chi connectivity index (χ3v) is 4.84. The van der Waals surface area contributed by atoms with Gasteiger partial charge in [0, 0.05) is 15.8 Å². The quantitative estimate of drug-likeness (QED) is 0.300. The summed E-state index contributed by atoms with van der Waals surface area (Å²) >= 11 is 1.62. The maximum Gasteiger partial charge on any atom is 0.336 e. The van der Waals surface area contributed by atoms with Gasteiger partial charge in [-0.3, -0.25) is 0 Å². The number of hydrogen-bond donors (Lipinski definition) is 0. The minimum atomic E-state index is -0.431. The van der Waals surface area contributed by atoms with Crippen molar-refractivity contribution in [2.45, 2.75) is 0 Å². The lowest BCUT2D eigenvalue weighted by molar-refractivity contribution is -0.128. The summed E-state index contributed by atoms with van der Waals surface area (Å²) in [5.41, 5.74) is 1.94. The molecule has 0 saturated heterocycles. The van der Waals surface area contributed by atoms with E-state index in [-0.39, 0.29) is 0 Å². The molecule has 0 spiro atoms. The van der Waals surface area contributed by atoms with Crippen molar-refractivity contribution < 1.29 is 9.53 Å². The molecule has 0 unspecified atom stereocenters. The highest BCUT2D eigenvalue weighted by Crippen LogP contribution is 2.28. The average molecular weight is 374 g/mol. The number of carbonyl (C=O) groups is 1. The predicted molar refractivity (Wildman–Crippen MR) is 104 cm³/mol. The Bertz CT molecular complexity index is 1060. The Hall–Kier alpha value is -3.58. The summed E-state index contributed by atoms with van der Waals surface area (Å²) in [7, 11) is 0. The van der Waals surface area contributed by atoms with E-state index in [1.165, 1.54) is 17.1 Å². The number of aromatic nitrogens is 4. The highest BCUT2D eigenvalue weighted by atomic mass is 32.1. The van der Waals surface area contributed by atoms with Gasteiger partial charge >= 0.3 is 5.97 Å². The molecule has 0 aliphatic carbocycles. The fourth-order valence-corrected chi connectivity index (χ4v) is 3.36. The largest absolute Gasteiger partial charge is 0.423 e. The number of tetrazole rings is 1. The lowest BCUT2D eigenvalue weighted by Crippen LogP contribution is -2.03. The lowest BCUT2D eigenvalue weighted by Gasteiger charge is -2.03. The molecule has 0 aliphatic rings. The Morgan fingerprint density at radius 3 is 2.56 bits per heavy atom. The molecule has 0 N–H and O–H groups in total. The van der Waals surface area contributed by atoms with Crippen molar-refractivity contribution in [1.82, 2.24) is 20.2 Å². The molecule has 0 atom stereocenters. The molecule has 2 heterocycles. The minimum Gasteiger partial charge on any atom is -0.423 e. The van der Waals surface area contributed by atoms with Crippen LogP contribution in [-0.2, 0) is 4.79 Å². The molecular weight excluding hydrogens is 360 g/mol. The van der Waals surface area contributed by atoms with Crippen molar-refractivity contribution in [1.29, 1.82) is 0 Å². The monoisotopic (exact) mass is 374 g/mol. The zero-order chi connectivity index (χ0) is 18.5. The molecule has 0 saturated carbocycles. The summed E-state index contributed by atoms with van der Waals surface area (Å²) in [5, 5.41) is 11.0. The van der Waals surface area contributed by atoms with Crippen LogP contribution in [0.5, 0.6) is 5.75 Å². The van der Waals surface area contributed by atoms with Crippen molar-refractivity contribution in [3.8, 4) is 21.9 Å². The number of thiophene rings is 1. The molecule has 2 aromatic heterocycles. The van der Waals surface area contributed by atoms with E-state index in [1.54, 1.807) is 41.7 Å². The molecule has 0 amide bonds. The number of esters is 1. The number of benzene rings is 2. The second-order valence-corrected chi connectivity index (χ2v) is 6.69. The Morgan fingerprint density at radius 2 is 1.81 bits per heavy atom. The third-order valence-electron chi connectivity index (χ3n) is 3.74. The van der Waals surface area contributed by atoms with Crippen LogP contribution >= 0.6 is 11.3 Å². The molecule has 0 aliphatic heterocycles. The Labute approximate surface area is 159 Å². The van der Waals surface area contributed by atoms with E-state index in [0.29, 0.717) is 5.75 Å². The van der Waals surface area contributed by atoms with Crippen LogP contribution in [0.3, 0.4) is 0 Å². The van der Waals surface area contributed by atoms with E-state index in [9.17, 15) is 4.79 Å². The van der Waals surface area contributed by atoms with Crippen LogP contribution in [0, 0.1) is 0 Å². The van der Waals surface area contributed by atoms with E-state index < -0.39 is 5.97 Å². The van der Waals surface area contributed by atoms with E-state index in [4.69, 9.17) is 4.74 Å². The number of rotatable bonds is 5. The van der Waals surface area contributed by atoms with Crippen molar-refractivity contribution in [3.63, 3.8) is 0 Å². The maximum absolute atomic E-state index is 12.0. The number of hydrogen-bond acceptors (Lipinski definition) is 6. The summed E-state index contributed by atoms with van der Waals surface area (Å²) in [5.74, 6) is 0.0254. The SMILES string of the molecule is O=C(/C=C/c1ccc(-c2ccccc2)s1)Oc1ccc(-n2cnnn2)cc1. The van der Waals surface area contributed by atoms with E-state index in [1.807, 2.05) is 30.3 Å². The van der Waals surface area contributed by atoms with Crippen molar-refractivity contribution in [2.24, 2.45) is 0 Å². The van der Waals surface area contributed by atoms with Crippen LogP contribution in [0.2, 0.25) is 0 Å². The molecule has 0 fully saturated rings. The summed E-state index contributed by atoms with van der Waals surface area (Å²) in [6, 6.07) is 21.1. The number of nitrogens with zero attached hydrogens (tertiary/aromatic N) is 4. The van der Waals surface area contributed by atoms with Crippen LogP contribution in [0.1, 0.15) is 4.88 Å². The van der Waals surface area contributed by atoms with E-state index >= 15 is 0 Å². The summed E-state index contributed by atoms with van der Waals surface area (Å²) in [4.78, 5) is 14.2. The summed E-state index contributed by atoms with van der Waals surface area (Å²) < 4.78 is 6.84. The van der Waals surface area contributed by atoms with Crippen LogP contribution in [-0.4, -0.2) is 26.2 Å². The number of ether oxygens (including phenoxy) is 1. The highest BCUT2D eigenvalue weighted by Gasteiger charge is 2.04. The van der Waals surface area contributed by atoms with Crippen molar-refractivity contribution in [3.05, 3.63) is 84.0 Å². The highest BCUT2D eigenvalue weighted by molar-refractivity contribution is 7.16. The van der Waals surface area contributed by atoms with Gasteiger partial charge in [-0.25, -0.2) is 9.48 Å². The smallest absolute Gasteiger partial charge is 0.336 e. The normalized spacial score (nSPS) is 11.0. The molecule has 132 valence electrons. The second-order valence-electron chi connectivity index (χ2n) is 5.57. The third kappa shape index (κ3) is 4.16. The van der Waals surface area contributed by atoms with Gasteiger partial charge in [0.25, 0.3) is 0 Å². The van der Waals surface area contributed by atoms with Crippen molar-refractivity contribution in [2.75, 3.05) is 0 Å². The topological polar surface area (TPSA) is 69.9 Å². The fourth-order valence-electron chi connectivity index (χ4n) is 2.45. The van der Waals surface area contributed by atoms with Gasteiger partial charge in [0.15, 0.2) is 0 Å². The van der Waals surface area contributed by atoms with Crippen LogP contribution in [0.4, 0.5) is 0 Å². The van der Waals surface area contributed by atoms with Gasteiger partial charge in [-0.05, 0) is 58.5 Å². The van der Waals surface area contributed by atoms with Gasteiger partial charge in [0.1, 0.15) is 12.1 Å². The first-order valence-electron chi connectivity index (χ1n) is 8.16. The van der Waals surface area contributed by atoms with Gasteiger partial charge < -0.3 is 4.74 Å². The lowest BCUT2D eigenvalue weighted by atomic mass is 10.2. The second kappa shape index (κ2) is 7.76. The average Bonchev–Trinajstić information content (AvgIpc) is 3.40. The molecule has 7 heteroatoms. The zero-order valence-corrected chi connectivity index (χ0v) is 14.9. The molecule has 27 heavy (non-hydrogen) atoms. The van der Waals surface area contributed by atoms with E-state index in [0.717, 1.165) is 21.0 Å². The maximum atomic E-state index is 12.0. The number of carbonyl (C=O) groups excluding carboxylic acids is 1. The van der Waals surface area contributed by atoms with Crippen LogP contribution < -0.4 is 4.74 Å². The summed E-state index contributed by atoms with van der Waals surface area (Å²) in [6.45, 7) is 0. The summed E-state index contributed by atoms with van der Waals surface area (Å²) in [6.07, 6.45) is 4.68. The predicted octanol–water partition coefficient (Wildman–Crippen LogP) is 4.01. The molecule has 6 nitrogen and oxygen atoms in total. The molecule has 2 aromatic carbocycles. The van der Waals surface area contributed by atoms with E-state index in [2.05, 4.69) is 27.7 Å². The molecule has 4 aromatic rings. The fraction of sp³-hybridized carbons (Fsp3) is 0. The minimum absolute atomic E-state index is 0.431. The van der Waals surface area contributed by atoms with Crippen molar-refractivity contribution >= 4 is 23.4 Å². The van der Waals surface area contributed by atoms with Crippen LogP contribution in [0.15, 0.2) is 79.1 Å². The molecular formula is C20H14N4O2S. The first-order valence-corrected chi connectivity index (χ1v) is 8.98. The Balaban J connectivity index is 1.38. The van der Waals surface area contributed by atoms with Gasteiger partial charge in [-0.15, -0.1) is 16.4 Å².